The van der Waals surface area contributed by atoms with Crippen molar-refractivity contribution < 1.29 is 27.4 Å². The lowest BCUT2D eigenvalue weighted by Crippen LogP contribution is -2.32. The van der Waals surface area contributed by atoms with Crippen LogP contribution in [-0.2, 0) is 4.79 Å². The highest BCUT2D eigenvalue weighted by Crippen LogP contribution is 2.25. The molecular formula is C16H15F3N4O3. The number of carbonyl (C=O) groups is 1. The molecule has 0 N–H and O–H groups in total. The van der Waals surface area contributed by atoms with Crippen molar-refractivity contribution in [3.05, 3.63) is 36.5 Å². The number of amides is 1. The number of rotatable bonds is 5. The number of anilines is 1. The van der Waals surface area contributed by atoms with Crippen LogP contribution in [0, 0.1) is 6.92 Å². The Balaban J connectivity index is 1.59. The molecule has 7 nitrogen and oxygen atoms in total. The number of hydrogen-bond acceptors (Lipinski definition) is 6. The minimum absolute atomic E-state index is 0.175. The third-order valence-corrected chi connectivity index (χ3v) is 3.61. The molecule has 2 aromatic heterocycles. The highest BCUT2D eigenvalue weighted by molar-refractivity contribution is 5.98. The first-order chi connectivity index (χ1) is 12.3. The molecule has 1 aliphatic rings. The van der Waals surface area contributed by atoms with Crippen molar-refractivity contribution in [2.45, 2.75) is 25.6 Å². The predicted octanol–water partition coefficient (Wildman–Crippen LogP) is 2.31. The van der Waals surface area contributed by atoms with Gasteiger partial charge in [-0.3, -0.25) is 4.79 Å². The first-order valence-corrected chi connectivity index (χ1v) is 7.74. The highest BCUT2D eigenvalue weighted by Gasteiger charge is 2.34. The first kappa shape index (κ1) is 17.9. The summed E-state index contributed by atoms with van der Waals surface area (Å²) in [5.41, 5.74) is 0.584. The zero-order chi connectivity index (χ0) is 18.7. The smallest absolute Gasteiger partial charge is 0.422 e. The van der Waals surface area contributed by atoms with Gasteiger partial charge in [-0.15, -0.1) is 0 Å². The Morgan fingerprint density at radius 3 is 2.54 bits per heavy atom. The van der Waals surface area contributed by atoms with Crippen LogP contribution in [0.3, 0.4) is 0 Å². The summed E-state index contributed by atoms with van der Waals surface area (Å²) in [5.74, 6) is 0.456. The van der Waals surface area contributed by atoms with Crippen molar-refractivity contribution in [3.63, 3.8) is 0 Å². The maximum absolute atomic E-state index is 12.5. The SMILES string of the molecule is Cc1ncc(N2CC[C@@H](Oc3ccc(OCC(F)(F)F)nc3)C2=O)cn1. The number of carbonyl (C=O) groups excluding carboxylic acids is 1. The van der Waals surface area contributed by atoms with Gasteiger partial charge >= 0.3 is 6.18 Å². The summed E-state index contributed by atoms with van der Waals surface area (Å²) in [4.78, 5) is 25.8. The van der Waals surface area contributed by atoms with Gasteiger partial charge in [0.1, 0.15) is 11.6 Å². The quantitative estimate of drug-likeness (QED) is 0.806. The lowest BCUT2D eigenvalue weighted by atomic mass is 10.3. The minimum Gasteiger partial charge on any atom is -0.479 e. The Bertz CT molecular complexity index is 766. The van der Waals surface area contributed by atoms with Crippen LogP contribution in [0.2, 0.25) is 0 Å². The van der Waals surface area contributed by atoms with Crippen LogP contribution in [0.15, 0.2) is 30.7 Å². The third kappa shape index (κ3) is 4.38. The van der Waals surface area contributed by atoms with Gasteiger partial charge in [-0.25, -0.2) is 15.0 Å². The number of ether oxygens (including phenoxy) is 2. The molecule has 0 saturated carbocycles. The summed E-state index contributed by atoms with van der Waals surface area (Å²) in [5, 5.41) is 0. The lowest BCUT2D eigenvalue weighted by molar-refractivity contribution is -0.154. The molecule has 0 aromatic carbocycles. The first-order valence-electron chi connectivity index (χ1n) is 7.74. The normalized spacial score (nSPS) is 17.5. The van der Waals surface area contributed by atoms with Gasteiger partial charge in [0, 0.05) is 19.0 Å². The Labute approximate surface area is 146 Å². The molecule has 3 heterocycles. The van der Waals surface area contributed by atoms with Crippen LogP contribution >= 0.6 is 0 Å². The third-order valence-electron chi connectivity index (χ3n) is 3.61. The molecule has 1 saturated heterocycles. The second-order valence-corrected chi connectivity index (χ2v) is 5.61. The molecule has 0 bridgehead atoms. The lowest BCUT2D eigenvalue weighted by Gasteiger charge is -2.16. The molecule has 1 atom stereocenters. The van der Waals surface area contributed by atoms with Gasteiger partial charge in [0.2, 0.25) is 5.88 Å². The van der Waals surface area contributed by atoms with Gasteiger partial charge < -0.3 is 14.4 Å². The number of aromatic nitrogens is 3. The fraction of sp³-hybridized carbons (Fsp3) is 0.375. The number of halogens is 3. The molecule has 3 rings (SSSR count). The van der Waals surface area contributed by atoms with E-state index in [1.54, 1.807) is 19.3 Å². The molecule has 0 unspecified atom stereocenters. The Kier molecular flexibility index (Phi) is 4.92. The maximum Gasteiger partial charge on any atom is 0.422 e. The summed E-state index contributed by atoms with van der Waals surface area (Å²) in [7, 11) is 0. The molecule has 26 heavy (non-hydrogen) atoms. The molecule has 0 spiro atoms. The number of aryl methyl sites for hydroxylation is 1. The molecule has 1 fully saturated rings. The summed E-state index contributed by atoms with van der Waals surface area (Å²) in [6.07, 6.45) is -0.333. The number of alkyl halides is 3. The predicted molar refractivity (Wildman–Crippen MR) is 83.9 cm³/mol. The van der Waals surface area contributed by atoms with Gasteiger partial charge in [-0.2, -0.15) is 13.2 Å². The van der Waals surface area contributed by atoms with Crippen LogP contribution < -0.4 is 14.4 Å². The molecular weight excluding hydrogens is 353 g/mol. The molecule has 0 radical (unpaired) electrons. The maximum atomic E-state index is 12.5. The van der Waals surface area contributed by atoms with E-state index in [9.17, 15) is 18.0 Å². The van der Waals surface area contributed by atoms with E-state index < -0.39 is 18.9 Å². The van der Waals surface area contributed by atoms with Crippen LogP contribution in [0.1, 0.15) is 12.2 Å². The van der Waals surface area contributed by atoms with Crippen molar-refractivity contribution in [1.29, 1.82) is 0 Å². The van der Waals surface area contributed by atoms with E-state index >= 15 is 0 Å². The van der Waals surface area contributed by atoms with Gasteiger partial charge in [-0.05, 0) is 13.0 Å². The van der Waals surface area contributed by atoms with E-state index in [1.165, 1.54) is 23.2 Å². The van der Waals surface area contributed by atoms with Crippen molar-refractivity contribution in [2.24, 2.45) is 0 Å². The highest BCUT2D eigenvalue weighted by atomic mass is 19.4. The summed E-state index contributed by atoms with van der Waals surface area (Å²) in [6.45, 7) is 0.779. The van der Waals surface area contributed by atoms with E-state index in [4.69, 9.17) is 4.74 Å². The molecule has 10 heteroatoms. The standard InChI is InChI=1S/C16H15F3N4O3/c1-10-20-6-11(7-21-10)23-5-4-13(15(23)24)26-12-2-3-14(22-8-12)25-9-16(17,18)19/h2-3,6-8,13H,4-5,9H2,1H3/t13-/m1/s1. The molecule has 1 amide bonds. The number of hydrogen-bond donors (Lipinski definition) is 0. The Morgan fingerprint density at radius 2 is 1.92 bits per heavy atom. The molecule has 138 valence electrons. The number of nitrogens with zero attached hydrogens (tertiary/aromatic N) is 4. The Hall–Kier alpha value is -2.91. The van der Waals surface area contributed by atoms with Crippen molar-refractivity contribution in [2.75, 3.05) is 18.1 Å². The van der Waals surface area contributed by atoms with Crippen molar-refractivity contribution in [1.82, 2.24) is 15.0 Å². The second-order valence-electron chi connectivity index (χ2n) is 5.61. The Morgan fingerprint density at radius 1 is 1.19 bits per heavy atom. The van der Waals surface area contributed by atoms with Crippen LogP contribution in [-0.4, -0.2) is 46.3 Å². The monoisotopic (exact) mass is 368 g/mol. The fourth-order valence-corrected chi connectivity index (χ4v) is 2.39. The van der Waals surface area contributed by atoms with E-state index in [0.29, 0.717) is 24.5 Å². The van der Waals surface area contributed by atoms with Crippen LogP contribution in [0.5, 0.6) is 11.6 Å². The topological polar surface area (TPSA) is 77.4 Å². The van der Waals surface area contributed by atoms with Crippen molar-refractivity contribution >= 4 is 11.6 Å². The number of pyridine rings is 1. The average molecular weight is 368 g/mol. The van der Waals surface area contributed by atoms with Crippen molar-refractivity contribution in [3.8, 4) is 11.6 Å². The van der Waals surface area contributed by atoms with Crippen LogP contribution in [0.25, 0.3) is 0 Å². The van der Waals surface area contributed by atoms with E-state index in [1.807, 2.05) is 0 Å². The fourth-order valence-electron chi connectivity index (χ4n) is 2.39. The van der Waals surface area contributed by atoms with Gasteiger partial charge in [0.05, 0.1) is 24.3 Å². The molecule has 2 aromatic rings. The van der Waals surface area contributed by atoms with Gasteiger partial charge in [0.25, 0.3) is 5.91 Å². The largest absolute Gasteiger partial charge is 0.479 e. The zero-order valence-corrected chi connectivity index (χ0v) is 13.7. The molecule has 1 aliphatic heterocycles. The zero-order valence-electron chi connectivity index (χ0n) is 13.7. The molecule has 0 aliphatic carbocycles. The summed E-state index contributed by atoms with van der Waals surface area (Å²) >= 11 is 0. The second kappa shape index (κ2) is 7.14. The van der Waals surface area contributed by atoms with E-state index in [0.717, 1.165) is 0 Å². The van der Waals surface area contributed by atoms with Gasteiger partial charge in [-0.1, -0.05) is 0 Å². The van der Waals surface area contributed by atoms with E-state index in [2.05, 4.69) is 19.7 Å². The van der Waals surface area contributed by atoms with Crippen LogP contribution in [0.4, 0.5) is 18.9 Å². The van der Waals surface area contributed by atoms with Gasteiger partial charge in [0.15, 0.2) is 12.7 Å². The van der Waals surface area contributed by atoms with E-state index in [-0.39, 0.29) is 17.5 Å². The average Bonchev–Trinajstić information content (AvgIpc) is 2.95. The summed E-state index contributed by atoms with van der Waals surface area (Å²) < 4.78 is 46.4. The summed E-state index contributed by atoms with van der Waals surface area (Å²) in [6, 6.07) is 2.66. The minimum atomic E-state index is -4.43.